The molecule has 0 aromatic carbocycles. The maximum atomic E-state index is 12.8. The van der Waals surface area contributed by atoms with Crippen LogP contribution in [0.3, 0.4) is 0 Å². The topological polar surface area (TPSA) is 78.9 Å². The third-order valence-corrected chi connectivity index (χ3v) is 11.9. The number of hydrogen-bond acceptors (Lipinski definition) is 6. The van der Waals surface area contributed by atoms with Gasteiger partial charge >= 0.3 is 17.9 Å². The summed E-state index contributed by atoms with van der Waals surface area (Å²) in [6.07, 6.45) is 60.0. The fourth-order valence-electron chi connectivity index (χ4n) is 7.80. The van der Waals surface area contributed by atoms with Crippen molar-refractivity contribution in [2.24, 2.45) is 0 Å². The van der Waals surface area contributed by atoms with Crippen molar-refractivity contribution in [1.29, 1.82) is 0 Å². The summed E-state index contributed by atoms with van der Waals surface area (Å²) in [6.45, 7) is 6.60. The van der Waals surface area contributed by atoms with Gasteiger partial charge in [-0.3, -0.25) is 14.4 Å². The van der Waals surface area contributed by atoms with E-state index in [0.717, 1.165) is 77.0 Å². The van der Waals surface area contributed by atoms with Crippen LogP contribution < -0.4 is 0 Å². The Labute approximate surface area is 385 Å². The average Bonchev–Trinajstić information content (AvgIpc) is 3.27. The SMILES string of the molecule is CCCCCCC/C=C\C/C=C\C/C=C\CCCCCCCCC(=O)OCC(COC(=O)CCCCCCCCC)OC(=O)CCCCCCCCCCCCCCCCCC. The molecule has 6 heteroatoms. The highest BCUT2D eigenvalue weighted by atomic mass is 16.6. The summed E-state index contributed by atoms with van der Waals surface area (Å²) in [5, 5.41) is 0. The van der Waals surface area contributed by atoms with Crippen LogP contribution in [0.1, 0.15) is 284 Å². The summed E-state index contributed by atoms with van der Waals surface area (Å²) in [5.74, 6) is -0.880. The summed E-state index contributed by atoms with van der Waals surface area (Å²) in [7, 11) is 0. The fourth-order valence-corrected chi connectivity index (χ4v) is 7.80. The Morgan fingerprint density at radius 1 is 0.323 bits per heavy atom. The van der Waals surface area contributed by atoms with E-state index in [-0.39, 0.29) is 31.1 Å². The lowest BCUT2D eigenvalue weighted by Gasteiger charge is -2.18. The highest BCUT2D eigenvalue weighted by Crippen LogP contribution is 2.16. The van der Waals surface area contributed by atoms with E-state index in [1.54, 1.807) is 0 Å². The molecule has 0 fully saturated rings. The number of unbranched alkanes of at least 4 members (excludes halogenated alkanes) is 32. The molecule has 1 atom stereocenters. The lowest BCUT2D eigenvalue weighted by Crippen LogP contribution is -2.30. The van der Waals surface area contributed by atoms with Crippen LogP contribution in [0.5, 0.6) is 0 Å². The Bertz CT molecular complexity index is 1050. The molecule has 1 unspecified atom stereocenters. The van der Waals surface area contributed by atoms with Crippen molar-refractivity contribution < 1.29 is 28.6 Å². The van der Waals surface area contributed by atoms with Crippen molar-refractivity contribution in [2.75, 3.05) is 13.2 Å². The number of rotatable bonds is 49. The van der Waals surface area contributed by atoms with Crippen LogP contribution in [0.2, 0.25) is 0 Å². The minimum atomic E-state index is -0.771. The van der Waals surface area contributed by atoms with Gasteiger partial charge in [-0.25, -0.2) is 0 Å². The van der Waals surface area contributed by atoms with Gasteiger partial charge in [0.15, 0.2) is 6.10 Å². The molecule has 0 heterocycles. The molecule has 0 saturated heterocycles. The van der Waals surface area contributed by atoms with E-state index in [1.165, 1.54) is 167 Å². The van der Waals surface area contributed by atoms with Gasteiger partial charge in [-0.1, -0.05) is 243 Å². The maximum Gasteiger partial charge on any atom is 0.306 e. The Morgan fingerprint density at radius 3 is 0.903 bits per heavy atom. The highest BCUT2D eigenvalue weighted by molar-refractivity contribution is 5.71. The molecule has 0 bridgehead atoms. The molecule has 0 aromatic rings. The van der Waals surface area contributed by atoms with Gasteiger partial charge in [0.2, 0.25) is 0 Å². The summed E-state index contributed by atoms with van der Waals surface area (Å²) >= 11 is 0. The molecule has 0 saturated carbocycles. The van der Waals surface area contributed by atoms with Crippen LogP contribution in [0.25, 0.3) is 0 Å². The first kappa shape index (κ1) is 59.6. The van der Waals surface area contributed by atoms with Crippen molar-refractivity contribution in [3.8, 4) is 0 Å². The van der Waals surface area contributed by atoms with E-state index < -0.39 is 6.10 Å². The van der Waals surface area contributed by atoms with E-state index in [1.807, 2.05) is 0 Å². The standard InChI is InChI=1S/C56H102O6/c1-4-7-10-13-16-18-20-22-24-26-27-28-29-30-32-33-35-37-40-43-46-49-55(58)61-52-53(51-60-54(57)48-45-42-39-15-12-9-6-3)62-56(59)50-47-44-41-38-36-34-31-25-23-21-19-17-14-11-8-5-2/h20,22,26-27,29-30,53H,4-19,21,23-25,28,31-52H2,1-3H3/b22-20-,27-26-,30-29-. The Balaban J connectivity index is 4.22. The Kier molecular flexibility index (Phi) is 49.3. The van der Waals surface area contributed by atoms with Gasteiger partial charge in [-0.05, 0) is 57.8 Å². The second-order valence-electron chi connectivity index (χ2n) is 18.2. The molecule has 0 radical (unpaired) electrons. The molecule has 0 amide bonds. The molecule has 6 nitrogen and oxygen atoms in total. The fraction of sp³-hybridized carbons (Fsp3) is 0.839. The van der Waals surface area contributed by atoms with Crippen LogP contribution in [0.15, 0.2) is 36.5 Å². The number of hydrogen-bond donors (Lipinski definition) is 0. The van der Waals surface area contributed by atoms with Gasteiger partial charge in [0.25, 0.3) is 0 Å². The zero-order valence-corrected chi connectivity index (χ0v) is 41.4. The number of ether oxygens (including phenoxy) is 3. The van der Waals surface area contributed by atoms with Crippen molar-refractivity contribution in [2.45, 2.75) is 290 Å². The third-order valence-electron chi connectivity index (χ3n) is 11.9. The average molecular weight is 871 g/mol. The first-order chi connectivity index (χ1) is 30.5. The zero-order chi connectivity index (χ0) is 45.1. The van der Waals surface area contributed by atoms with Crippen molar-refractivity contribution >= 4 is 17.9 Å². The second-order valence-corrected chi connectivity index (χ2v) is 18.2. The van der Waals surface area contributed by atoms with Crippen molar-refractivity contribution in [3.05, 3.63) is 36.5 Å². The number of carbonyl (C=O) groups excluding carboxylic acids is 3. The summed E-state index contributed by atoms with van der Waals surface area (Å²) in [4.78, 5) is 37.8. The molecular formula is C56H102O6. The predicted octanol–water partition coefficient (Wildman–Crippen LogP) is 17.7. The first-order valence-electron chi connectivity index (χ1n) is 27.0. The molecule has 0 N–H and O–H groups in total. The van der Waals surface area contributed by atoms with Crippen LogP contribution in [-0.2, 0) is 28.6 Å². The summed E-state index contributed by atoms with van der Waals surface area (Å²) < 4.78 is 16.7. The van der Waals surface area contributed by atoms with E-state index >= 15 is 0 Å². The summed E-state index contributed by atoms with van der Waals surface area (Å²) in [6, 6.07) is 0. The predicted molar refractivity (Wildman–Crippen MR) is 266 cm³/mol. The van der Waals surface area contributed by atoms with Crippen LogP contribution in [0.4, 0.5) is 0 Å². The van der Waals surface area contributed by atoms with Crippen molar-refractivity contribution in [3.63, 3.8) is 0 Å². The normalized spacial score (nSPS) is 12.2. The van der Waals surface area contributed by atoms with Gasteiger partial charge in [-0.2, -0.15) is 0 Å². The largest absolute Gasteiger partial charge is 0.462 e. The molecule has 0 aliphatic rings. The number of allylic oxidation sites excluding steroid dienone is 6. The first-order valence-corrected chi connectivity index (χ1v) is 27.0. The van der Waals surface area contributed by atoms with Crippen LogP contribution in [-0.4, -0.2) is 37.2 Å². The molecular weight excluding hydrogens is 769 g/mol. The number of esters is 3. The molecule has 362 valence electrons. The number of carbonyl (C=O) groups is 3. The molecule has 0 spiro atoms. The molecule has 0 aromatic heterocycles. The van der Waals surface area contributed by atoms with E-state index in [4.69, 9.17) is 14.2 Å². The Morgan fingerprint density at radius 2 is 0.581 bits per heavy atom. The Hall–Kier alpha value is -2.37. The molecule has 62 heavy (non-hydrogen) atoms. The lowest BCUT2D eigenvalue weighted by molar-refractivity contribution is -0.167. The lowest BCUT2D eigenvalue weighted by atomic mass is 10.0. The molecule has 0 rings (SSSR count). The van der Waals surface area contributed by atoms with Gasteiger partial charge < -0.3 is 14.2 Å². The van der Waals surface area contributed by atoms with E-state index in [2.05, 4.69) is 57.2 Å². The van der Waals surface area contributed by atoms with E-state index in [0.29, 0.717) is 19.3 Å². The summed E-state index contributed by atoms with van der Waals surface area (Å²) in [5.41, 5.74) is 0. The van der Waals surface area contributed by atoms with Gasteiger partial charge in [-0.15, -0.1) is 0 Å². The molecule has 0 aliphatic heterocycles. The quantitative estimate of drug-likeness (QED) is 0.0262. The minimum Gasteiger partial charge on any atom is -0.462 e. The monoisotopic (exact) mass is 871 g/mol. The van der Waals surface area contributed by atoms with Crippen LogP contribution >= 0.6 is 0 Å². The van der Waals surface area contributed by atoms with Gasteiger partial charge in [0, 0.05) is 19.3 Å². The minimum absolute atomic E-state index is 0.0733. The van der Waals surface area contributed by atoms with Crippen molar-refractivity contribution in [1.82, 2.24) is 0 Å². The van der Waals surface area contributed by atoms with Crippen LogP contribution in [0, 0.1) is 0 Å². The second kappa shape index (κ2) is 51.3. The van der Waals surface area contributed by atoms with Gasteiger partial charge in [0.05, 0.1) is 0 Å². The third kappa shape index (κ3) is 48.7. The molecule has 0 aliphatic carbocycles. The maximum absolute atomic E-state index is 12.8. The highest BCUT2D eigenvalue weighted by Gasteiger charge is 2.19. The zero-order valence-electron chi connectivity index (χ0n) is 41.4. The van der Waals surface area contributed by atoms with E-state index in [9.17, 15) is 14.4 Å². The van der Waals surface area contributed by atoms with Gasteiger partial charge in [0.1, 0.15) is 13.2 Å². The smallest absolute Gasteiger partial charge is 0.306 e.